The Morgan fingerprint density at radius 3 is 2.50 bits per heavy atom. The lowest BCUT2D eigenvalue weighted by Crippen LogP contribution is -2.13. The minimum atomic E-state index is -4.87. The van der Waals surface area contributed by atoms with Crippen molar-refractivity contribution >= 4 is 11.7 Å². The van der Waals surface area contributed by atoms with Crippen molar-refractivity contribution in [3.05, 3.63) is 46.0 Å². The second kappa shape index (κ2) is 5.59. The first-order valence-electron chi connectivity index (χ1n) is 5.02. The number of carboxylic acids is 1. The minimum Gasteiger partial charge on any atom is -0.488 e. The molecule has 0 aromatic heterocycles. The fraction of sp³-hybridized carbons (Fsp3) is 0.182. The maximum atomic E-state index is 12.7. The van der Waals surface area contributed by atoms with Crippen molar-refractivity contribution in [3.8, 4) is 5.75 Å². The highest BCUT2D eigenvalue weighted by molar-refractivity contribution is 5.86. The lowest BCUT2D eigenvalue weighted by molar-refractivity contribution is -0.385. The Kier molecular flexibility index (Phi) is 4.33. The van der Waals surface area contributed by atoms with Gasteiger partial charge in [-0.15, -0.1) is 0 Å². The zero-order chi connectivity index (χ0) is 15.5. The van der Waals surface area contributed by atoms with E-state index >= 15 is 0 Å². The third-order valence-electron chi connectivity index (χ3n) is 2.18. The zero-order valence-corrected chi connectivity index (χ0v) is 9.81. The molecule has 1 aromatic rings. The Hall–Kier alpha value is -2.58. The van der Waals surface area contributed by atoms with Crippen LogP contribution in [0.5, 0.6) is 5.75 Å². The Morgan fingerprint density at radius 2 is 2.05 bits per heavy atom. The molecule has 0 radical (unpaired) electrons. The summed E-state index contributed by atoms with van der Waals surface area (Å²) in [4.78, 5) is 19.9. The molecule has 1 N–H and O–H groups in total. The predicted octanol–water partition coefficient (Wildman–Crippen LogP) is 2.63. The molecule has 0 atom stereocenters. The van der Waals surface area contributed by atoms with Crippen LogP contribution >= 0.6 is 0 Å². The van der Waals surface area contributed by atoms with Gasteiger partial charge in [0.25, 0.3) is 5.69 Å². The molecule has 0 amide bonds. The van der Waals surface area contributed by atoms with Crippen LogP contribution in [0.15, 0.2) is 30.4 Å². The zero-order valence-electron chi connectivity index (χ0n) is 9.81. The van der Waals surface area contributed by atoms with Crippen molar-refractivity contribution in [2.45, 2.75) is 6.18 Å². The highest BCUT2D eigenvalue weighted by Crippen LogP contribution is 2.38. The van der Waals surface area contributed by atoms with E-state index in [1.165, 1.54) is 0 Å². The summed E-state index contributed by atoms with van der Waals surface area (Å²) in [6.07, 6.45) is -4.87. The summed E-state index contributed by atoms with van der Waals surface area (Å²) in [5, 5.41) is 19.0. The van der Waals surface area contributed by atoms with Crippen molar-refractivity contribution in [1.82, 2.24) is 0 Å². The Bertz CT molecular complexity index is 568. The summed E-state index contributed by atoms with van der Waals surface area (Å²) in [6.45, 7) is 2.42. The third-order valence-corrected chi connectivity index (χ3v) is 2.18. The molecule has 0 aliphatic heterocycles. The lowest BCUT2D eigenvalue weighted by Gasteiger charge is -2.13. The summed E-state index contributed by atoms with van der Waals surface area (Å²) in [5.74, 6) is -2.12. The van der Waals surface area contributed by atoms with Gasteiger partial charge in [0.2, 0.25) is 0 Å². The first-order valence-corrected chi connectivity index (χ1v) is 5.02. The molecule has 0 unspecified atom stereocenters. The van der Waals surface area contributed by atoms with Crippen LogP contribution in [-0.2, 0) is 11.0 Å². The van der Waals surface area contributed by atoms with E-state index in [9.17, 15) is 28.1 Å². The topological polar surface area (TPSA) is 89.7 Å². The van der Waals surface area contributed by atoms with Gasteiger partial charge in [0.15, 0.2) is 0 Å². The number of ether oxygens (including phenoxy) is 1. The molecule has 1 rings (SSSR count). The number of carboxylic acid groups (broad SMARTS) is 1. The van der Waals surface area contributed by atoms with E-state index in [1.807, 2.05) is 0 Å². The maximum absolute atomic E-state index is 12.7. The smallest absolute Gasteiger partial charge is 0.420 e. The van der Waals surface area contributed by atoms with E-state index in [0.717, 1.165) is 12.1 Å². The van der Waals surface area contributed by atoms with Gasteiger partial charge in [-0.3, -0.25) is 10.1 Å². The van der Waals surface area contributed by atoms with Crippen molar-refractivity contribution in [1.29, 1.82) is 0 Å². The number of nitrogens with zero attached hydrogens (tertiary/aromatic N) is 1. The molecule has 6 nitrogen and oxygen atoms in total. The van der Waals surface area contributed by atoms with Crippen LogP contribution in [0.4, 0.5) is 18.9 Å². The molecule has 108 valence electrons. The fourth-order valence-electron chi connectivity index (χ4n) is 1.21. The predicted molar refractivity (Wildman–Crippen MR) is 60.4 cm³/mol. The summed E-state index contributed by atoms with van der Waals surface area (Å²) < 4.78 is 42.9. The quantitative estimate of drug-likeness (QED) is 0.511. The van der Waals surface area contributed by atoms with Gasteiger partial charge >= 0.3 is 12.1 Å². The largest absolute Gasteiger partial charge is 0.488 e. The first kappa shape index (κ1) is 15.5. The molecular weight excluding hydrogens is 283 g/mol. The van der Waals surface area contributed by atoms with Gasteiger partial charge in [-0.05, 0) is 6.07 Å². The van der Waals surface area contributed by atoms with E-state index < -0.39 is 46.2 Å². The molecule has 0 spiro atoms. The second-order valence-electron chi connectivity index (χ2n) is 3.63. The minimum absolute atomic E-state index is 0.318. The molecule has 20 heavy (non-hydrogen) atoms. The van der Waals surface area contributed by atoms with Gasteiger partial charge in [-0.1, -0.05) is 6.58 Å². The van der Waals surface area contributed by atoms with Gasteiger partial charge in [-0.25, -0.2) is 4.79 Å². The number of aliphatic carboxylic acids is 1. The number of nitro groups is 1. The number of hydrogen-bond acceptors (Lipinski definition) is 4. The van der Waals surface area contributed by atoms with Crippen molar-refractivity contribution < 1.29 is 32.7 Å². The normalized spacial score (nSPS) is 10.9. The average Bonchev–Trinajstić information content (AvgIpc) is 2.34. The lowest BCUT2D eigenvalue weighted by atomic mass is 10.1. The molecule has 1 aromatic carbocycles. The van der Waals surface area contributed by atoms with Crippen LogP contribution in [0.3, 0.4) is 0 Å². The number of non-ortho nitro benzene ring substituents is 1. The maximum Gasteiger partial charge on any atom is 0.420 e. The molecule has 0 bridgehead atoms. The highest BCUT2D eigenvalue weighted by Gasteiger charge is 2.36. The van der Waals surface area contributed by atoms with Crippen LogP contribution in [0.1, 0.15) is 5.56 Å². The second-order valence-corrected chi connectivity index (χ2v) is 3.63. The Morgan fingerprint density at radius 1 is 1.45 bits per heavy atom. The van der Waals surface area contributed by atoms with Crippen LogP contribution in [0.2, 0.25) is 0 Å². The number of nitro benzene ring substituents is 1. The molecule has 0 saturated heterocycles. The molecule has 0 heterocycles. The van der Waals surface area contributed by atoms with E-state index in [-0.39, 0.29) is 0 Å². The SMILES string of the molecule is C=C(COc1ccc([N+](=O)[O-])cc1C(F)(F)F)C(=O)O. The standard InChI is InChI=1S/C11H8F3NO5/c1-6(10(16)17)5-20-9-3-2-7(15(18)19)4-8(9)11(12,13)14/h2-4H,1,5H2,(H,16,17). The van der Waals surface area contributed by atoms with Gasteiger partial charge in [0.1, 0.15) is 17.9 Å². The monoisotopic (exact) mass is 291 g/mol. The summed E-state index contributed by atoms with van der Waals surface area (Å²) in [7, 11) is 0. The van der Waals surface area contributed by atoms with Crippen LogP contribution in [0.25, 0.3) is 0 Å². The number of halogens is 3. The van der Waals surface area contributed by atoms with Gasteiger partial charge < -0.3 is 9.84 Å². The van der Waals surface area contributed by atoms with E-state index in [2.05, 4.69) is 6.58 Å². The van der Waals surface area contributed by atoms with Crippen molar-refractivity contribution in [2.24, 2.45) is 0 Å². The summed E-state index contributed by atoms with van der Waals surface area (Å²) in [6, 6.07) is 1.91. The van der Waals surface area contributed by atoms with Gasteiger partial charge in [0.05, 0.1) is 10.5 Å². The first-order chi connectivity index (χ1) is 9.12. The molecule has 9 heteroatoms. The highest BCUT2D eigenvalue weighted by atomic mass is 19.4. The number of carbonyl (C=O) groups is 1. The summed E-state index contributed by atoms with van der Waals surface area (Å²) >= 11 is 0. The van der Waals surface area contributed by atoms with Crippen LogP contribution < -0.4 is 4.74 Å². The number of alkyl halides is 3. The number of rotatable bonds is 5. The molecule has 0 aliphatic carbocycles. The molecular formula is C11H8F3NO5. The van der Waals surface area contributed by atoms with Crippen molar-refractivity contribution in [3.63, 3.8) is 0 Å². The van der Waals surface area contributed by atoms with Gasteiger partial charge in [0, 0.05) is 12.1 Å². The number of hydrogen-bond donors (Lipinski definition) is 1. The fourth-order valence-corrected chi connectivity index (χ4v) is 1.21. The summed E-state index contributed by atoms with van der Waals surface area (Å²) in [5.41, 5.74) is -2.55. The van der Waals surface area contributed by atoms with Gasteiger partial charge in [-0.2, -0.15) is 13.2 Å². The van der Waals surface area contributed by atoms with Crippen LogP contribution in [-0.4, -0.2) is 22.6 Å². The Labute approximate surface area is 110 Å². The third kappa shape index (κ3) is 3.70. The van der Waals surface area contributed by atoms with E-state index in [4.69, 9.17) is 9.84 Å². The van der Waals surface area contributed by atoms with Crippen LogP contribution in [0, 0.1) is 10.1 Å². The average molecular weight is 291 g/mol. The molecule has 0 fully saturated rings. The molecule has 0 saturated carbocycles. The molecule has 0 aliphatic rings. The van der Waals surface area contributed by atoms with Crippen molar-refractivity contribution in [2.75, 3.05) is 6.61 Å². The van der Waals surface area contributed by atoms with E-state index in [0.29, 0.717) is 6.07 Å². The number of benzene rings is 1. The Balaban J connectivity index is 3.10. The van der Waals surface area contributed by atoms with E-state index in [1.54, 1.807) is 0 Å².